The van der Waals surface area contributed by atoms with Crippen LogP contribution in [0.5, 0.6) is 0 Å². The molecule has 1 aliphatic rings. The molecule has 0 saturated carbocycles. The van der Waals surface area contributed by atoms with E-state index in [0.717, 1.165) is 32.0 Å². The molecule has 6 heteroatoms. The lowest BCUT2D eigenvalue weighted by atomic mass is 10.0. The molecule has 1 aromatic carbocycles. The van der Waals surface area contributed by atoms with Crippen LogP contribution in [0.1, 0.15) is 18.4 Å². The molecule has 0 spiro atoms. The Labute approximate surface area is 115 Å². The minimum absolute atomic E-state index is 0.000231. The summed E-state index contributed by atoms with van der Waals surface area (Å²) in [4.78, 5) is 2.10. The molecular formula is C13H16ClF3N2. The highest BCUT2D eigenvalue weighted by atomic mass is 35.5. The van der Waals surface area contributed by atoms with Gasteiger partial charge >= 0.3 is 6.18 Å². The number of nitrogens with zero attached hydrogens (tertiary/aromatic N) is 1. The molecule has 0 aliphatic carbocycles. The molecule has 0 radical (unpaired) electrons. The molecule has 1 aliphatic heterocycles. The van der Waals surface area contributed by atoms with E-state index in [0.29, 0.717) is 0 Å². The van der Waals surface area contributed by atoms with E-state index in [-0.39, 0.29) is 16.8 Å². The van der Waals surface area contributed by atoms with Crippen molar-refractivity contribution in [3.05, 3.63) is 28.8 Å². The molecule has 0 aromatic heterocycles. The molecular weight excluding hydrogens is 277 g/mol. The summed E-state index contributed by atoms with van der Waals surface area (Å²) in [6.45, 7) is 1.70. The number of anilines is 1. The number of alkyl halides is 3. The summed E-state index contributed by atoms with van der Waals surface area (Å²) in [5.74, 6) is 0. The Bertz CT molecular complexity index is 448. The predicted octanol–water partition coefficient (Wildman–Crippen LogP) is 3.86. The minimum atomic E-state index is -4.40. The van der Waals surface area contributed by atoms with E-state index >= 15 is 0 Å². The number of piperidine rings is 1. The Hall–Kier alpha value is -0.940. The van der Waals surface area contributed by atoms with Crippen LogP contribution in [0, 0.1) is 0 Å². The number of halogens is 4. The monoisotopic (exact) mass is 292 g/mol. The van der Waals surface area contributed by atoms with Crippen LogP contribution in [-0.2, 0) is 6.18 Å². The number of para-hydroxylation sites is 1. The summed E-state index contributed by atoms with van der Waals surface area (Å²) < 4.78 is 38.9. The van der Waals surface area contributed by atoms with Crippen LogP contribution in [0.15, 0.2) is 18.2 Å². The van der Waals surface area contributed by atoms with E-state index in [4.69, 9.17) is 11.6 Å². The Morgan fingerprint density at radius 3 is 2.74 bits per heavy atom. The average Bonchev–Trinajstić information content (AvgIpc) is 2.30. The van der Waals surface area contributed by atoms with Crippen molar-refractivity contribution in [2.75, 3.05) is 25.5 Å². The average molecular weight is 293 g/mol. The lowest BCUT2D eigenvalue weighted by Gasteiger charge is -2.31. The first-order valence-corrected chi connectivity index (χ1v) is 6.56. The normalized spacial score (nSPS) is 21.4. The summed E-state index contributed by atoms with van der Waals surface area (Å²) in [5, 5.41) is 3.08. The molecule has 1 fully saturated rings. The number of likely N-dealkylation sites (tertiary alicyclic amines) is 1. The third-order valence-corrected chi connectivity index (χ3v) is 3.61. The van der Waals surface area contributed by atoms with Crippen LogP contribution in [0.2, 0.25) is 5.02 Å². The number of rotatable bonds is 2. The molecule has 1 heterocycles. The van der Waals surface area contributed by atoms with Crippen LogP contribution in [0.4, 0.5) is 18.9 Å². The minimum Gasteiger partial charge on any atom is -0.379 e. The Balaban J connectivity index is 2.24. The molecule has 2 nitrogen and oxygen atoms in total. The molecule has 1 saturated heterocycles. The number of benzene rings is 1. The van der Waals surface area contributed by atoms with Crippen molar-refractivity contribution >= 4 is 17.3 Å². The van der Waals surface area contributed by atoms with Crippen LogP contribution >= 0.6 is 11.6 Å². The topological polar surface area (TPSA) is 15.3 Å². The van der Waals surface area contributed by atoms with Crippen molar-refractivity contribution in [3.63, 3.8) is 0 Å². The number of hydrogen-bond acceptors (Lipinski definition) is 2. The van der Waals surface area contributed by atoms with Gasteiger partial charge in [-0.2, -0.15) is 13.2 Å². The van der Waals surface area contributed by atoms with Crippen molar-refractivity contribution in [3.8, 4) is 0 Å². The fraction of sp³-hybridized carbons (Fsp3) is 0.538. The van der Waals surface area contributed by atoms with Gasteiger partial charge in [0.2, 0.25) is 0 Å². The molecule has 106 valence electrons. The number of nitrogens with one attached hydrogen (secondary N) is 1. The fourth-order valence-electron chi connectivity index (χ4n) is 2.40. The maximum Gasteiger partial charge on any atom is 0.418 e. The van der Waals surface area contributed by atoms with Crippen LogP contribution < -0.4 is 5.32 Å². The summed E-state index contributed by atoms with van der Waals surface area (Å²) in [5.41, 5.74) is -0.704. The van der Waals surface area contributed by atoms with Gasteiger partial charge in [-0.1, -0.05) is 17.7 Å². The molecule has 19 heavy (non-hydrogen) atoms. The zero-order valence-corrected chi connectivity index (χ0v) is 11.4. The SMILES string of the molecule is CN1CCCC(Nc2c(Cl)cccc2C(F)(F)F)C1. The van der Waals surface area contributed by atoms with Gasteiger partial charge in [-0.05, 0) is 38.6 Å². The van der Waals surface area contributed by atoms with E-state index in [1.54, 1.807) is 0 Å². The van der Waals surface area contributed by atoms with Crippen molar-refractivity contribution in [1.82, 2.24) is 4.90 Å². The molecule has 0 bridgehead atoms. The first kappa shape index (κ1) is 14.5. The van der Waals surface area contributed by atoms with E-state index in [1.807, 2.05) is 7.05 Å². The third-order valence-electron chi connectivity index (χ3n) is 3.29. The number of hydrogen-bond donors (Lipinski definition) is 1. The zero-order chi connectivity index (χ0) is 14.0. The maximum atomic E-state index is 13.0. The maximum absolute atomic E-state index is 13.0. The first-order chi connectivity index (χ1) is 8.88. The van der Waals surface area contributed by atoms with Crippen LogP contribution in [0.25, 0.3) is 0 Å². The highest BCUT2D eigenvalue weighted by Crippen LogP contribution is 2.39. The third kappa shape index (κ3) is 3.54. The van der Waals surface area contributed by atoms with E-state index in [9.17, 15) is 13.2 Å². The second-order valence-electron chi connectivity index (χ2n) is 4.91. The number of likely N-dealkylation sites (N-methyl/N-ethyl adjacent to an activating group) is 1. The summed E-state index contributed by atoms with van der Waals surface area (Å²) in [6.07, 6.45) is -2.57. The zero-order valence-electron chi connectivity index (χ0n) is 10.6. The van der Waals surface area contributed by atoms with Crippen molar-refractivity contribution in [2.45, 2.75) is 25.1 Å². The fourth-order valence-corrected chi connectivity index (χ4v) is 2.62. The molecule has 0 amide bonds. The highest BCUT2D eigenvalue weighted by molar-refractivity contribution is 6.33. The molecule has 1 atom stereocenters. The van der Waals surface area contributed by atoms with E-state index in [2.05, 4.69) is 10.2 Å². The van der Waals surface area contributed by atoms with Gasteiger partial charge < -0.3 is 10.2 Å². The van der Waals surface area contributed by atoms with Crippen LogP contribution in [-0.4, -0.2) is 31.1 Å². The van der Waals surface area contributed by atoms with Gasteiger partial charge in [-0.3, -0.25) is 0 Å². The van der Waals surface area contributed by atoms with Crippen molar-refractivity contribution in [1.29, 1.82) is 0 Å². The predicted molar refractivity (Wildman–Crippen MR) is 70.6 cm³/mol. The Morgan fingerprint density at radius 2 is 2.11 bits per heavy atom. The van der Waals surface area contributed by atoms with Crippen molar-refractivity contribution < 1.29 is 13.2 Å². The van der Waals surface area contributed by atoms with Gasteiger partial charge in [0.25, 0.3) is 0 Å². The Morgan fingerprint density at radius 1 is 1.37 bits per heavy atom. The largest absolute Gasteiger partial charge is 0.418 e. The van der Waals surface area contributed by atoms with Crippen LogP contribution in [0.3, 0.4) is 0 Å². The van der Waals surface area contributed by atoms with Gasteiger partial charge in [-0.15, -0.1) is 0 Å². The Kier molecular flexibility index (Phi) is 4.26. The second kappa shape index (κ2) is 5.59. The highest BCUT2D eigenvalue weighted by Gasteiger charge is 2.35. The van der Waals surface area contributed by atoms with E-state index < -0.39 is 11.7 Å². The van der Waals surface area contributed by atoms with E-state index in [1.165, 1.54) is 12.1 Å². The summed E-state index contributed by atoms with van der Waals surface area (Å²) in [7, 11) is 1.96. The molecule has 1 aromatic rings. The van der Waals surface area contributed by atoms with Crippen molar-refractivity contribution in [2.24, 2.45) is 0 Å². The van der Waals surface area contributed by atoms with Gasteiger partial charge in [0.05, 0.1) is 16.3 Å². The van der Waals surface area contributed by atoms with Gasteiger partial charge in [-0.25, -0.2) is 0 Å². The summed E-state index contributed by atoms with van der Waals surface area (Å²) in [6, 6.07) is 3.86. The lowest BCUT2D eigenvalue weighted by Crippen LogP contribution is -2.40. The van der Waals surface area contributed by atoms with Gasteiger partial charge in [0.1, 0.15) is 0 Å². The standard InChI is InChI=1S/C13H16ClF3N2/c1-19-7-3-4-9(8-19)18-12-10(13(15,16)17)5-2-6-11(12)14/h2,5-6,9,18H,3-4,7-8H2,1H3. The molecule has 1 unspecified atom stereocenters. The molecule has 1 N–H and O–H groups in total. The second-order valence-corrected chi connectivity index (χ2v) is 5.31. The lowest BCUT2D eigenvalue weighted by molar-refractivity contribution is -0.137. The first-order valence-electron chi connectivity index (χ1n) is 6.18. The van der Waals surface area contributed by atoms with Gasteiger partial charge in [0, 0.05) is 12.6 Å². The van der Waals surface area contributed by atoms with Gasteiger partial charge in [0.15, 0.2) is 0 Å². The molecule has 2 rings (SSSR count). The summed E-state index contributed by atoms with van der Waals surface area (Å²) >= 11 is 5.91. The smallest absolute Gasteiger partial charge is 0.379 e. The quantitative estimate of drug-likeness (QED) is 0.890.